The monoisotopic (exact) mass is 436 g/mol. The highest BCUT2D eigenvalue weighted by molar-refractivity contribution is 6.03. The van der Waals surface area contributed by atoms with Gasteiger partial charge >= 0.3 is 5.97 Å². The number of carboxylic acid groups (broad SMARTS) is 1. The smallest absolute Gasteiger partial charge is 0.337 e. The van der Waals surface area contributed by atoms with Crippen LogP contribution < -0.4 is 0 Å². The van der Waals surface area contributed by atoms with Crippen molar-refractivity contribution in [1.82, 2.24) is 19.9 Å². The van der Waals surface area contributed by atoms with Gasteiger partial charge in [-0.3, -0.25) is 0 Å². The Labute approximate surface area is 186 Å². The van der Waals surface area contributed by atoms with Crippen molar-refractivity contribution in [3.63, 3.8) is 0 Å². The van der Waals surface area contributed by atoms with E-state index in [9.17, 15) is 20.1 Å². The van der Waals surface area contributed by atoms with Gasteiger partial charge in [-0.2, -0.15) is 0 Å². The van der Waals surface area contributed by atoms with E-state index in [1.165, 1.54) is 6.07 Å². The number of nitrogens with zero attached hydrogens (tertiary/aromatic N) is 4. The number of phenolic OH excluding ortho intramolecular Hbond substituents is 1. The summed E-state index contributed by atoms with van der Waals surface area (Å²) < 4.78 is 0. The number of carboxylic acids is 1. The van der Waals surface area contributed by atoms with Crippen molar-refractivity contribution in [2.75, 3.05) is 0 Å². The van der Waals surface area contributed by atoms with Crippen molar-refractivity contribution in [2.24, 2.45) is 0 Å². The van der Waals surface area contributed by atoms with E-state index in [0.717, 1.165) is 16.8 Å². The minimum Gasteiger partial charge on any atom is -0.506 e. The number of rotatable bonds is 1. The SMILES string of the molecule is O=C(O)c1cccc2nc3c4c(ccc3nc12)[C@@H]1c2nc3c(O)cccc3nc2C[C@@H]4[C@H]1O. The second kappa shape index (κ2) is 6.20. The van der Waals surface area contributed by atoms with Gasteiger partial charge in [-0.05, 0) is 41.5 Å². The van der Waals surface area contributed by atoms with Gasteiger partial charge in [-0.25, -0.2) is 24.7 Å². The van der Waals surface area contributed by atoms with Crippen LogP contribution in [0.25, 0.3) is 33.1 Å². The first kappa shape index (κ1) is 18.4. The Balaban J connectivity index is 1.50. The van der Waals surface area contributed by atoms with Crippen molar-refractivity contribution in [1.29, 1.82) is 0 Å². The third kappa shape index (κ3) is 2.35. The number of para-hydroxylation sites is 2. The lowest BCUT2D eigenvalue weighted by Crippen LogP contribution is -2.28. The van der Waals surface area contributed by atoms with Crippen molar-refractivity contribution in [3.8, 4) is 5.75 Å². The molecule has 0 aliphatic heterocycles. The number of fused-ring (bicyclic) bond motifs is 11. The van der Waals surface area contributed by atoms with E-state index in [1.54, 1.807) is 24.3 Å². The fourth-order valence-electron chi connectivity index (χ4n) is 5.47. The molecule has 3 atom stereocenters. The summed E-state index contributed by atoms with van der Waals surface area (Å²) in [7, 11) is 0. The first-order valence-corrected chi connectivity index (χ1v) is 10.6. The first-order valence-electron chi connectivity index (χ1n) is 10.6. The highest BCUT2D eigenvalue weighted by atomic mass is 16.4. The van der Waals surface area contributed by atoms with Gasteiger partial charge < -0.3 is 15.3 Å². The molecular weight excluding hydrogens is 420 g/mol. The summed E-state index contributed by atoms with van der Waals surface area (Å²) in [6, 6.07) is 13.8. The Morgan fingerprint density at radius 2 is 1.58 bits per heavy atom. The lowest BCUT2D eigenvalue weighted by molar-refractivity contribution is 0.0698. The summed E-state index contributed by atoms with van der Waals surface area (Å²) in [4.78, 5) is 30.6. The summed E-state index contributed by atoms with van der Waals surface area (Å²) in [6.45, 7) is 0. The predicted octanol–water partition coefficient (Wildman–Crippen LogP) is 3.28. The van der Waals surface area contributed by atoms with Crippen LogP contribution in [0.2, 0.25) is 0 Å². The van der Waals surface area contributed by atoms with Crippen LogP contribution in [0.4, 0.5) is 0 Å². The molecule has 160 valence electrons. The van der Waals surface area contributed by atoms with Crippen molar-refractivity contribution in [2.45, 2.75) is 24.4 Å². The maximum atomic E-state index is 11.6. The summed E-state index contributed by atoms with van der Waals surface area (Å²) in [6.07, 6.45) is -0.203. The first-order chi connectivity index (χ1) is 16.0. The van der Waals surface area contributed by atoms with Crippen LogP contribution in [0.15, 0.2) is 48.5 Å². The van der Waals surface area contributed by atoms with Crippen LogP contribution >= 0.6 is 0 Å². The van der Waals surface area contributed by atoms with Gasteiger partial charge in [0.25, 0.3) is 0 Å². The molecule has 2 heterocycles. The quantitative estimate of drug-likeness (QED) is 0.342. The van der Waals surface area contributed by atoms with Crippen LogP contribution in [0.3, 0.4) is 0 Å². The fraction of sp³-hybridized carbons (Fsp3) is 0.160. The summed E-state index contributed by atoms with van der Waals surface area (Å²) >= 11 is 0. The van der Waals surface area contributed by atoms with E-state index in [-0.39, 0.29) is 23.1 Å². The van der Waals surface area contributed by atoms with Crippen LogP contribution in [0, 0.1) is 0 Å². The number of aromatic carboxylic acids is 1. The Morgan fingerprint density at radius 1 is 0.848 bits per heavy atom. The standard InChI is InChI=1S/C25H16N4O4/c30-17-6-2-5-14-21(17)29-23-16(26-14)9-12-18-10(19(23)24(12)31)7-8-15-22(18)28-13-4-1-3-11(25(32)33)20(13)27-15/h1-8,12,19,24,30-31H,9H2,(H,32,33)/t12-,19+,24+/m0/s1. The zero-order valence-electron chi connectivity index (χ0n) is 17.1. The Morgan fingerprint density at radius 3 is 2.39 bits per heavy atom. The Kier molecular flexibility index (Phi) is 3.46. The number of aromatic nitrogens is 4. The average Bonchev–Trinajstić information content (AvgIpc) is 2.99. The van der Waals surface area contributed by atoms with Gasteiger partial charge in [0.1, 0.15) is 16.8 Å². The molecule has 2 aliphatic rings. The van der Waals surface area contributed by atoms with Crippen LogP contribution in [0.1, 0.15) is 44.7 Å². The molecule has 0 unspecified atom stereocenters. The molecule has 2 bridgehead atoms. The molecule has 33 heavy (non-hydrogen) atoms. The topological polar surface area (TPSA) is 129 Å². The molecule has 3 N–H and O–H groups in total. The van der Waals surface area contributed by atoms with E-state index in [2.05, 4.69) is 4.98 Å². The van der Waals surface area contributed by atoms with E-state index >= 15 is 0 Å². The van der Waals surface area contributed by atoms with Crippen molar-refractivity contribution < 1.29 is 20.1 Å². The van der Waals surface area contributed by atoms with Gasteiger partial charge in [0, 0.05) is 12.3 Å². The molecule has 7 rings (SSSR count). The molecule has 0 fully saturated rings. The molecule has 2 aromatic heterocycles. The molecule has 8 nitrogen and oxygen atoms in total. The normalized spacial score (nSPS) is 20.8. The number of aromatic hydroxyl groups is 1. The Bertz CT molecular complexity index is 1680. The lowest BCUT2D eigenvalue weighted by Gasteiger charge is -2.27. The molecule has 0 saturated carbocycles. The summed E-state index contributed by atoms with van der Waals surface area (Å²) in [5.74, 6) is -1.59. The lowest BCUT2D eigenvalue weighted by atomic mass is 9.84. The predicted molar refractivity (Wildman–Crippen MR) is 120 cm³/mol. The average molecular weight is 436 g/mol. The van der Waals surface area contributed by atoms with Gasteiger partial charge in [0.15, 0.2) is 0 Å². The van der Waals surface area contributed by atoms with E-state index < -0.39 is 12.1 Å². The van der Waals surface area contributed by atoms with E-state index in [0.29, 0.717) is 45.2 Å². The Hall–Kier alpha value is -4.17. The zero-order chi connectivity index (χ0) is 22.4. The van der Waals surface area contributed by atoms with E-state index in [4.69, 9.17) is 15.0 Å². The number of carbonyl (C=O) groups is 1. The second-order valence-electron chi connectivity index (χ2n) is 8.62. The number of aliphatic hydroxyl groups excluding tert-OH is 1. The summed E-state index contributed by atoms with van der Waals surface area (Å²) in [5, 5.41) is 31.1. The molecule has 0 radical (unpaired) electrons. The highest BCUT2D eigenvalue weighted by Crippen LogP contribution is 2.53. The van der Waals surface area contributed by atoms with Crippen LogP contribution in [0.5, 0.6) is 5.75 Å². The molecule has 0 amide bonds. The molecular formula is C25H16N4O4. The van der Waals surface area contributed by atoms with Crippen molar-refractivity contribution in [3.05, 3.63) is 76.6 Å². The maximum Gasteiger partial charge on any atom is 0.337 e. The number of phenols is 1. The minimum atomic E-state index is -1.05. The van der Waals surface area contributed by atoms with Crippen molar-refractivity contribution >= 4 is 39.1 Å². The highest BCUT2D eigenvalue weighted by Gasteiger charge is 2.48. The maximum absolute atomic E-state index is 11.6. The number of hydrogen-bond acceptors (Lipinski definition) is 7. The molecule has 2 aliphatic carbocycles. The van der Waals surface area contributed by atoms with Crippen LogP contribution in [-0.4, -0.2) is 47.3 Å². The molecule has 0 saturated heterocycles. The molecule has 3 aromatic carbocycles. The number of aliphatic hydroxyl groups is 1. The number of hydrogen-bond donors (Lipinski definition) is 3. The largest absolute Gasteiger partial charge is 0.506 e. The molecule has 5 aromatic rings. The minimum absolute atomic E-state index is 0.0581. The fourth-order valence-corrected chi connectivity index (χ4v) is 5.47. The second-order valence-corrected chi connectivity index (χ2v) is 8.62. The third-order valence-corrected chi connectivity index (χ3v) is 6.88. The van der Waals surface area contributed by atoms with Gasteiger partial charge in [0.2, 0.25) is 0 Å². The van der Waals surface area contributed by atoms with Crippen LogP contribution in [-0.2, 0) is 6.42 Å². The summed E-state index contributed by atoms with van der Waals surface area (Å²) in [5.41, 5.74) is 6.54. The van der Waals surface area contributed by atoms with E-state index in [1.807, 2.05) is 18.2 Å². The van der Waals surface area contributed by atoms with Gasteiger partial charge in [0.05, 0.1) is 51.0 Å². The van der Waals surface area contributed by atoms with Gasteiger partial charge in [-0.15, -0.1) is 0 Å². The van der Waals surface area contributed by atoms with Gasteiger partial charge in [-0.1, -0.05) is 18.2 Å². The molecule has 0 spiro atoms. The third-order valence-electron chi connectivity index (χ3n) is 6.88. The molecule has 8 heteroatoms. The number of benzene rings is 3. The zero-order valence-corrected chi connectivity index (χ0v) is 17.1.